The Balaban J connectivity index is 2.10. The predicted octanol–water partition coefficient (Wildman–Crippen LogP) is 7.07. The normalized spacial score (nSPS) is 11.0. The van der Waals surface area contributed by atoms with Crippen LogP contribution in [-0.4, -0.2) is 0 Å². The van der Waals surface area contributed by atoms with Crippen molar-refractivity contribution in [3.63, 3.8) is 0 Å². The Morgan fingerprint density at radius 1 is 0.667 bits per heavy atom. The largest absolute Gasteiger partial charge is 0.428 e. The van der Waals surface area contributed by atoms with Crippen molar-refractivity contribution in [2.75, 3.05) is 0 Å². The predicted molar refractivity (Wildman–Crippen MR) is 88.4 cm³/mol. The average molecular weight is 386 g/mol. The van der Waals surface area contributed by atoms with Gasteiger partial charge in [-0.2, -0.15) is 26.3 Å². The van der Waals surface area contributed by atoms with Gasteiger partial charge in [-0.25, -0.2) is 0 Å². The van der Waals surface area contributed by atoms with Crippen molar-refractivity contribution in [2.24, 2.45) is 0 Å². The van der Waals surface area contributed by atoms with Gasteiger partial charge in [0, 0.05) is 0 Å². The average Bonchev–Trinajstić information content (AvgIpc) is 2.63. The highest BCUT2D eigenvalue weighted by molar-refractivity contribution is 5.80. The molecule has 27 heavy (non-hydrogen) atoms. The van der Waals surface area contributed by atoms with E-state index in [4.69, 9.17) is 0 Å². The minimum atomic E-state index is -2.55. The van der Waals surface area contributed by atoms with Gasteiger partial charge in [-0.15, -0.1) is 0 Å². The van der Waals surface area contributed by atoms with Crippen LogP contribution >= 0.6 is 0 Å². The molecule has 2 nitrogen and oxygen atoms in total. The number of benzene rings is 2. The first-order chi connectivity index (χ1) is 12.8. The summed E-state index contributed by atoms with van der Waals surface area (Å²) in [6.45, 7) is 1.77. The van der Waals surface area contributed by atoms with Gasteiger partial charge in [-0.1, -0.05) is 30.3 Å². The number of halogens is 6. The second kappa shape index (κ2) is 8.98. The summed E-state index contributed by atoms with van der Waals surface area (Å²) in [5.41, 5.74) is 2.16. The van der Waals surface area contributed by atoms with Crippen LogP contribution in [0.2, 0.25) is 0 Å². The fourth-order valence-electron chi connectivity index (χ4n) is 2.04. The molecule has 0 fully saturated rings. The number of rotatable bonds is 6. The summed E-state index contributed by atoms with van der Waals surface area (Å²) in [6.07, 6.45) is -3.36. The number of allylic oxidation sites excluding steroid dienone is 1. The number of hydrogen-bond donors (Lipinski definition) is 0. The van der Waals surface area contributed by atoms with E-state index in [0.717, 1.165) is 5.57 Å². The van der Waals surface area contributed by atoms with Crippen molar-refractivity contribution < 1.29 is 35.8 Å². The molecule has 0 saturated heterocycles. The lowest BCUT2D eigenvalue weighted by Crippen LogP contribution is -1.91. The first kappa shape index (κ1) is 20.2. The topological polar surface area (TPSA) is 18.5 Å². The Morgan fingerprint density at radius 3 is 1.48 bits per heavy atom. The fourth-order valence-corrected chi connectivity index (χ4v) is 2.04. The molecule has 0 spiro atoms. The van der Waals surface area contributed by atoms with E-state index in [-0.39, 0.29) is 11.5 Å². The summed E-state index contributed by atoms with van der Waals surface area (Å²) >= 11 is 0. The third kappa shape index (κ3) is 5.95. The molecule has 0 radical (unpaired) electrons. The first-order valence-electron chi connectivity index (χ1n) is 7.42. The highest BCUT2D eigenvalue weighted by Gasteiger charge is 2.09. The Hall–Kier alpha value is -3.16. The smallest absolute Gasteiger partial charge is 0.344 e. The maximum absolute atomic E-state index is 12.7. The van der Waals surface area contributed by atoms with Gasteiger partial charge in [0.15, 0.2) is 0 Å². The van der Waals surface area contributed by atoms with Crippen molar-refractivity contribution in [1.29, 1.82) is 0 Å². The fraction of sp³-hybridized carbons (Fsp3) is 0.0526. The van der Waals surface area contributed by atoms with E-state index >= 15 is 0 Å². The van der Waals surface area contributed by atoms with Crippen LogP contribution in [0.4, 0.5) is 26.3 Å². The van der Waals surface area contributed by atoms with Gasteiger partial charge in [0.05, 0.1) is 0 Å². The number of hydrogen-bond acceptors (Lipinski definition) is 2. The lowest BCUT2D eigenvalue weighted by Gasteiger charge is -2.06. The summed E-state index contributed by atoms with van der Waals surface area (Å²) in [6, 6.07) is 7.52. The molecule has 0 N–H and O–H groups in total. The van der Waals surface area contributed by atoms with Crippen molar-refractivity contribution >= 4 is 11.6 Å². The highest BCUT2D eigenvalue weighted by atomic mass is 19.3. The molecule has 0 bridgehead atoms. The van der Waals surface area contributed by atoms with Gasteiger partial charge >= 0.3 is 24.2 Å². The van der Waals surface area contributed by atoms with E-state index in [9.17, 15) is 26.3 Å². The molecule has 0 aliphatic carbocycles. The molecule has 0 atom stereocenters. The summed E-state index contributed by atoms with van der Waals surface area (Å²) in [4.78, 5) is 0. The minimum absolute atomic E-state index is 0.0893. The molecule has 0 aromatic heterocycles. The highest BCUT2D eigenvalue weighted by Crippen LogP contribution is 2.24. The van der Waals surface area contributed by atoms with Gasteiger partial charge in [0.1, 0.15) is 11.5 Å². The summed E-state index contributed by atoms with van der Waals surface area (Å²) in [5, 5.41) is 0. The van der Waals surface area contributed by atoms with Crippen molar-refractivity contribution in [3.05, 3.63) is 83.8 Å². The van der Waals surface area contributed by atoms with E-state index in [0.29, 0.717) is 11.1 Å². The minimum Gasteiger partial charge on any atom is -0.428 e. The standard InChI is InChI=1S/C19H12F6O2/c1-11(13-4-8-15(9-5-13)27-19(25)17(22)23)10-12-2-6-14(7-3-12)26-18(24)16(20)21/h2-10H,1H3. The van der Waals surface area contributed by atoms with Crippen LogP contribution in [-0.2, 0) is 0 Å². The van der Waals surface area contributed by atoms with Crippen molar-refractivity contribution in [1.82, 2.24) is 0 Å². The van der Waals surface area contributed by atoms with E-state index < -0.39 is 24.2 Å². The van der Waals surface area contributed by atoms with E-state index in [2.05, 4.69) is 9.47 Å². The second-order valence-electron chi connectivity index (χ2n) is 5.19. The molecule has 0 saturated carbocycles. The van der Waals surface area contributed by atoms with Gasteiger partial charge < -0.3 is 9.47 Å². The Bertz CT molecular complexity index is 875. The SMILES string of the molecule is CC(=Cc1ccc(OC(F)=C(F)F)cc1)c1ccc(OC(F)=C(F)F)cc1. The Morgan fingerprint density at radius 2 is 1.07 bits per heavy atom. The molecule has 0 amide bonds. The molecule has 2 rings (SSSR count). The molecule has 0 aliphatic heterocycles. The van der Waals surface area contributed by atoms with Crippen LogP contribution in [0.3, 0.4) is 0 Å². The second-order valence-corrected chi connectivity index (χ2v) is 5.19. The zero-order valence-electron chi connectivity index (χ0n) is 13.8. The molecule has 8 heteroatoms. The number of ether oxygens (including phenoxy) is 2. The Kier molecular flexibility index (Phi) is 6.70. The molecule has 0 aliphatic rings. The lowest BCUT2D eigenvalue weighted by molar-refractivity contribution is 0.241. The molecule has 0 heterocycles. The van der Waals surface area contributed by atoms with Crippen LogP contribution in [0.1, 0.15) is 18.1 Å². The van der Waals surface area contributed by atoms with Crippen LogP contribution in [0.25, 0.3) is 11.6 Å². The van der Waals surface area contributed by atoms with Gasteiger partial charge in [0.25, 0.3) is 0 Å². The van der Waals surface area contributed by atoms with Crippen LogP contribution < -0.4 is 9.47 Å². The van der Waals surface area contributed by atoms with E-state index in [1.54, 1.807) is 25.1 Å². The Labute approximate surface area is 150 Å². The summed E-state index contributed by atoms with van der Waals surface area (Å²) in [7, 11) is 0. The van der Waals surface area contributed by atoms with Crippen molar-refractivity contribution in [3.8, 4) is 11.5 Å². The first-order valence-corrected chi connectivity index (χ1v) is 7.42. The van der Waals surface area contributed by atoms with Gasteiger partial charge in [-0.05, 0) is 47.9 Å². The maximum atomic E-state index is 12.7. The lowest BCUT2D eigenvalue weighted by atomic mass is 10.0. The summed E-state index contributed by atoms with van der Waals surface area (Å²) < 4.78 is 82.1. The zero-order valence-corrected chi connectivity index (χ0v) is 13.8. The monoisotopic (exact) mass is 386 g/mol. The van der Waals surface area contributed by atoms with Gasteiger partial charge in [0.2, 0.25) is 0 Å². The molecule has 0 unspecified atom stereocenters. The van der Waals surface area contributed by atoms with Crippen LogP contribution in [0, 0.1) is 0 Å². The van der Waals surface area contributed by atoms with Crippen LogP contribution in [0.15, 0.2) is 72.7 Å². The molecule has 142 valence electrons. The molecule has 2 aromatic carbocycles. The quantitative estimate of drug-likeness (QED) is 0.300. The molecule has 2 aromatic rings. The molecular formula is C19H12F6O2. The third-order valence-corrected chi connectivity index (χ3v) is 3.29. The van der Waals surface area contributed by atoms with Gasteiger partial charge in [-0.3, -0.25) is 0 Å². The summed E-state index contributed by atoms with van der Waals surface area (Å²) in [5.74, 6) is -0.180. The zero-order chi connectivity index (χ0) is 20.0. The maximum Gasteiger partial charge on any atom is 0.344 e. The van der Waals surface area contributed by atoms with E-state index in [1.807, 2.05) is 0 Å². The van der Waals surface area contributed by atoms with Crippen molar-refractivity contribution in [2.45, 2.75) is 6.92 Å². The molecular weight excluding hydrogens is 374 g/mol. The third-order valence-electron chi connectivity index (χ3n) is 3.29. The van der Waals surface area contributed by atoms with Crippen LogP contribution in [0.5, 0.6) is 11.5 Å². The van der Waals surface area contributed by atoms with E-state index in [1.165, 1.54) is 36.4 Å².